The minimum absolute atomic E-state index is 0.0769. The number of nitrogens with one attached hydrogen (secondary N) is 3. The van der Waals surface area contributed by atoms with Crippen molar-refractivity contribution in [2.45, 2.75) is 4.90 Å². The highest BCUT2D eigenvalue weighted by molar-refractivity contribution is 8.00. The monoisotopic (exact) mass is 427 g/mol. The number of thioether (sulfide) groups is 1. The molecule has 0 aromatic heterocycles. The predicted octanol–water partition coefficient (Wildman–Crippen LogP) is 5.88. The van der Waals surface area contributed by atoms with Crippen molar-refractivity contribution in [3.05, 3.63) is 83.9 Å². The summed E-state index contributed by atoms with van der Waals surface area (Å²) in [6, 6.07) is 24.5. The van der Waals surface area contributed by atoms with Crippen LogP contribution < -0.4 is 16.0 Å². The Labute approximate surface area is 178 Å². The standard InChI is InChI=1S/C21H18ClN3OS2/c22-15-9-11-17(12-10-15)23-20(26)14-28-19-8-4-7-18(13-19)25-21(27)24-16-5-2-1-3-6-16/h1-13H,14H2,(H,23,26)(H2,24,25,27). The highest BCUT2D eigenvalue weighted by Crippen LogP contribution is 2.22. The molecule has 3 aromatic carbocycles. The first-order valence-corrected chi connectivity index (χ1v) is 10.3. The van der Waals surface area contributed by atoms with E-state index in [1.807, 2.05) is 54.6 Å². The first-order chi connectivity index (χ1) is 13.6. The molecule has 0 atom stereocenters. The van der Waals surface area contributed by atoms with Crippen LogP contribution in [0.15, 0.2) is 83.8 Å². The van der Waals surface area contributed by atoms with Crippen LogP contribution in [0, 0.1) is 0 Å². The number of anilines is 3. The van der Waals surface area contributed by atoms with E-state index in [0.29, 0.717) is 15.9 Å². The fraction of sp³-hybridized carbons (Fsp3) is 0.0476. The van der Waals surface area contributed by atoms with Crippen LogP contribution in [0.5, 0.6) is 0 Å². The van der Waals surface area contributed by atoms with Gasteiger partial charge in [0.15, 0.2) is 5.11 Å². The number of hydrogen-bond donors (Lipinski definition) is 3. The van der Waals surface area contributed by atoms with E-state index in [0.717, 1.165) is 22.0 Å². The zero-order valence-electron chi connectivity index (χ0n) is 14.8. The van der Waals surface area contributed by atoms with Gasteiger partial charge in [0.05, 0.1) is 5.75 Å². The second-order valence-corrected chi connectivity index (χ2v) is 7.71. The van der Waals surface area contributed by atoms with Gasteiger partial charge in [-0.3, -0.25) is 4.79 Å². The van der Waals surface area contributed by atoms with Crippen molar-refractivity contribution in [2.75, 3.05) is 21.7 Å². The van der Waals surface area contributed by atoms with Crippen molar-refractivity contribution < 1.29 is 4.79 Å². The number of thiocarbonyl (C=S) groups is 1. The van der Waals surface area contributed by atoms with Gasteiger partial charge in [-0.2, -0.15) is 0 Å². The number of carbonyl (C=O) groups is 1. The second kappa shape index (κ2) is 10.1. The maximum Gasteiger partial charge on any atom is 0.234 e. The van der Waals surface area contributed by atoms with E-state index in [-0.39, 0.29) is 5.91 Å². The summed E-state index contributed by atoms with van der Waals surface area (Å²) in [6.07, 6.45) is 0. The van der Waals surface area contributed by atoms with E-state index in [9.17, 15) is 4.79 Å². The van der Waals surface area contributed by atoms with Gasteiger partial charge in [-0.05, 0) is 66.8 Å². The van der Waals surface area contributed by atoms with Gasteiger partial charge in [0.1, 0.15) is 0 Å². The minimum atomic E-state index is -0.0769. The first-order valence-electron chi connectivity index (χ1n) is 8.50. The van der Waals surface area contributed by atoms with Crippen molar-refractivity contribution in [3.8, 4) is 0 Å². The molecule has 142 valence electrons. The van der Waals surface area contributed by atoms with E-state index in [1.54, 1.807) is 24.3 Å². The average Bonchev–Trinajstić information content (AvgIpc) is 2.69. The molecule has 0 radical (unpaired) electrons. The highest BCUT2D eigenvalue weighted by Gasteiger charge is 2.05. The van der Waals surface area contributed by atoms with Gasteiger partial charge in [-0.15, -0.1) is 11.8 Å². The molecular formula is C21H18ClN3OS2. The van der Waals surface area contributed by atoms with E-state index >= 15 is 0 Å². The molecule has 0 aliphatic heterocycles. The molecule has 0 aliphatic carbocycles. The van der Waals surface area contributed by atoms with E-state index in [2.05, 4.69) is 16.0 Å². The van der Waals surface area contributed by atoms with Crippen LogP contribution in [0.1, 0.15) is 0 Å². The summed E-state index contributed by atoms with van der Waals surface area (Å²) in [6.45, 7) is 0. The maximum absolute atomic E-state index is 12.1. The van der Waals surface area contributed by atoms with Crippen molar-refractivity contribution >= 4 is 63.7 Å². The van der Waals surface area contributed by atoms with Gasteiger partial charge in [0, 0.05) is 27.0 Å². The molecule has 0 aliphatic rings. The summed E-state index contributed by atoms with van der Waals surface area (Å²) in [7, 11) is 0. The number of benzene rings is 3. The lowest BCUT2D eigenvalue weighted by Gasteiger charge is -2.11. The van der Waals surface area contributed by atoms with Gasteiger partial charge in [-0.1, -0.05) is 35.9 Å². The number of halogens is 1. The topological polar surface area (TPSA) is 53.2 Å². The van der Waals surface area contributed by atoms with Crippen LogP contribution in [0.4, 0.5) is 17.1 Å². The van der Waals surface area contributed by atoms with Gasteiger partial charge < -0.3 is 16.0 Å². The summed E-state index contributed by atoms with van der Waals surface area (Å²) in [5.74, 6) is 0.227. The van der Waals surface area contributed by atoms with E-state index in [4.69, 9.17) is 23.8 Å². The number of para-hydroxylation sites is 1. The zero-order valence-corrected chi connectivity index (χ0v) is 17.2. The third kappa shape index (κ3) is 6.56. The van der Waals surface area contributed by atoms with Gasteiger partial charge in [0.2, 0.25) is 5.91 Å². The Balaban J connectivity index is 1.50. The van der Waals surface area contributed by atoms with Crippen LogP contribution >= 0.6 is 35.6 Å². The lowest BCUT2D eigenvalue weighted by Crippen LogP contribution is -2.19. The molecule has 0 heterocycles. The van der Waals surface area contributed by atoms with Crippen molar-refractivity contribution in [1.82, 2.24) is 0 Å². The quantitative estimate of drug-likeness (QED) is 0.339. The third-order valence-corrected chi connectivity index (χ3v) is 5.07. The molecule has 3 N–H and O–H groups in total. The van der Waals surface area contributed by atoms with E-state index < -0.39 is 0 Å². The minimum Gasteiger partial charge on any atom is -0.332 e. The maximum atomic E-state index is 12.1. The lowest BCUT2D eigenvalue weighted by molar-refractivity contribution is -0.113. The molecule has 0 fully saturated rings. The van der Waals surface area contributed by atoms with Crippen LogP contribution in [0.25, 0.3) is 0 Å². The SMILES string of the molecule is O=C(CSc1cccc(NC(=S)Nc2ccccc2)c1)Nc1ccc(Cl)cc1. The Morgan fingerprint density at radius 3 is 2.21 bits per heavy atom. The predicted molar refractivity (Wildman–Crippen MR) is 124 cm³/mol. The summed E-state index contributed by atoms with van der Waals surface area (Å²) >= 11 is 12.7. The summed E-state index contributed by atoms with van der Waals surface area (Å²) in [5.41, 5.74) is 2.50. The number of rotatable bonds is 6. The molecule has 1 amide bonds. The van der Waals surface area contributed by atoms with Gasteiger partial charge in [0.25, 0.3) is 0 Å². The smallest absolute Gasteiger partial charge is 0.234 e. The fourth-order valence-corrected chi connectivity index (χ4v) is 3.47. The molecule has 0 unspecified atom stereocenters. The second-order valence-electron chi connectivity index (χ2n) is 5.82. The van der Waals surface area contributed by atoms with Crippen molar-refractivity contribution in [3.63, 3.8) is 0 Å². The van der Waals surface area contributed by atoms with Crippen LogP contribution in [0.2, 0.25) is 5.02 Å². The lowest BCUT2D eigenvalue weighted by atomic mass is 10.3. The number of amides is 1. The van der Waals surface area contributed by atoms with Crippen LogP contribution in [-0.4, -0.2) is 16.8 Å². The molecule has 0 spiro atoms. The highest BCUT2D eigenvalue weighted by atomic mass is 35.5. The van der Waals surface area contributed by atoms with Crippen molar-refractivity contribution in [1.29, 1.82) is 0 Å². The third-order valence-electron chi connectivity index (χ3n) is 3.62. The number of hydrogen-bond acceptors (Lipinski definition) is 3. The van der Waals surface area contributed by atoms with E-state index in [1.165, 1.54) is 11.8 Å². The Morgan fingerprint density at radius 2 is 1.46 bits per heavy atom. The molecule has 4 nitrogen and oxygen atoms in total. The molecular weight excluding hydrogens is 410 g/mol. The van der Waals surface area contributed by atoms with Gasteiger partial charge in [-0.25, -0.2) is 0 Å². The summed E-state index contributed by atoms with van der Waals surface area (Å²) in [4.78, 5) is 13.1. The Bertz CT molecular complexity index is 949. The van der Waals surface area contributed by atoms with Crippen LogP contribution in [0.3, 0.4) is 0 Å². The molecule has 28 heavy (non-hydrogen) atoms. The molecule has 0 bridgehead atoms. The normalized spacial score (nSPS) is 10.2. The summed E-state index contributed by atoms with van der Waals surface area (Å²) < 4.78 is 0. The largest absolute Gasteiger partial charge is 0.332 e. The number of carbonyl (C=O) groups excluding carboxylic acids is 1. The molecule has 0 saturated carbocycles. The Hall–Kier alpha value is -2.54. The van der Waals surface area contributed by atoms with Crippen molar-refractivity contribution in [2.24, 2.45) is 0 Å². The zero-order chi connectivity index (χ0) is 19.8. The first kappa shape index (κ1) is 20.2. The molecule has 0 saturated heterocycles. The fourth-order valence-electron chi connectivity index (χ4n) is 2.36. The Kier molecular flexibility index (Phi) is 7.31. The molecule has 7 heteroatoms. The molecule has 3 aromatic rings. The van der Waals surface area contributed by atoms with Gasteiger partial charge >= 0.3 is 0 Å². The summed E-state index contributed by atoms with van der Waals surface area (Å²) in [5, 5.41) is 10.3. The molecule has 3 rings (SSSR count). The van der Waals surface area contributed by atoms with Crippen LogP contribution in [-0.2, 0) is 4.79 Å². The average molecular weight is 428 g/mol. The Morgan fingerprint density at radius 1 is 0.821 bits per heavy atom.